The van der Waals surface area contributed by atoms with Gasteiger partial charge in [-0.3, -0.25) is 0 Å². The first kappa shape index (κ1) is 25.2. The lowest BCUT2D eigenvalue weighted by Gasteiger charge is -2.33. The van der Waals surface area contributed by atoms with Crippen LogP contribution in [0.3, 0.4) is 0 Å². The van der Waals surface area contributed by atoms with Gasteiger partial charge in [0.1, 0.15) is 17.9 Å². The van der Waals surface area contributed by atoms with Crippen molar-refractivity contribution in [3.05, 3.63) is 77.4 Å². The third kappa shape index (κ3) is 6.96. The SMILES string of the molecule is NC(C=O)CC1NCC(c2cc(F)ccc2F)=CC1c1ccccc1.O=C(O)C(F)(F)F. The van der Waals surface area contributed by atoms with Gasteiger partial charge in [-0.2, -0.15) is 13.2 Å². The highest BCUT2D eigenvalue weighted by Gasteiger charge is 2.38. The van der Waals surface area contributed by atoms with Crippen molar-refractivity contribution in [2.75, 3.05) is 6.54 Å². The molecule has 1 aliphatic rings. The predicted molar refractivity (Wildman–Crippen MR) is 108 cm³/mol. The smallest absolute Gasteiger partial charge is 0.475 e. The molecule has 0 radical (unpaired) electrons. The van der Waals surface area contributed by atoms with E-state index >= 15 is 0 Å². The summed E-state index contributed by atoms with van der Waals surface area (Å²) in [4.78, 5) is 19.8. The van der Waals surface area contributed by atoms with E-state index in [-0.39, 0.29) is 17.5 Å². The average molecular weight is 456 g/mol. The van der Waals surface area contributed by atoms with Crippen molar-refractivity contribution in [3.63, 3.8) is 0 Å². The zero-order chi connectivity index (χ0) is 23.9. The van der Waals surface area contributed by atoms with Gasteiger partial charge in [0.2, 0.25) is 0 Å². The van der Waals surface area contributed by atoms with Crippen LogP contribution in [-0.2, 0) is 9.59 Å². The normalized spacial score (nSPS) is 19.2. The van der Waals surface area contributed by atoms with Gasteiger partial charge in [-0.15, -0.1) is 0 Å². The van der Waals surface area contributed by atoms with Gasteiger partial charge in [-0.25, -0.2) is 13.6 Å². The Morgan fingerprint density at radius 3 is 2.38 bits per heavy atom. The molecule has 1 heterocycles. The van der Waals surface area contributed by atoms with Crippen molar-refractivity contribution < 1.29 is 36.6 Å². The lowest BCUT2D eigenvalue weighted by molar-refractivity contribution is -0.192. The van der Waals surface area contributed by atoms with Crippen molar-refractivity contribution in [3.8, 4) is 0 Å². The van der Waals surface area contributed by atoms with Crippen LogP contribution < -0.4 is 11.1 Å². The molecule has 2 aromatic carbocycles. The number of carbonyl (C=O) groups excluding carboxylic acids is 1. The van der Waals surface area contributed by atoms with Crippen LogP contribution in [0.25, 0.3) is 5.57 Å². The first-order chi connectivity index (χ1) is 15.0. The number of aliphatic carboxylic acids is 1. The van der Waals surface area contributed by atoms with Crippen molar-refractivity contribution >= 4 is 17.8 Å². The molecule has 5 nitrogen and oxygen atoms in total. The van der Waals surface area contributed by atoms with Gasteiger partial charge in [0.05, 0.1) is 6.04 Å². The Bertz CT molecular complexity index is 964. The van der Waals surface area contributed by atoms with E-state index < -0.39 is 29.8 Å². The number of benzene rings is 2. The summed E-state index contributed by atoms with van der Waals surface area (Å²) in [5, 5.41) is 10.5. The fourth-order valence-corrected chi connectivity index (χ4v) is 3.27. The van der Waals surface area contributed by atoms with E-state index in [4.69, 9.17) is 15.6 Å². The van der Waals surface area contributed by atoms with Crippen LogP contribution in [0.1, 0.15) is 23.5 Å². The summed E-state index contributed by atoms with van der Waals surface area (Å²) in [6.07, 6.45) is -1.93. The first-order valence-corrected chi connectivity index (χ1v) is 9.48. The van der Waals surface area contributed by atoms with Crippen LogP contribution >= 0.6 is 0 Å². The number of carboxylic acid groups (broad SMARTS) is 1. The molecule has 0 aromatic heterocycles. The molecule has 3 atom stereocenters. The summed E-state index contributed by atoms with van der Waals surface area (Å²) < 4.78 is 59.4. The second-order valence-electron chi connectivity index (χ2n) is 7.08. The third-order valence-electron chi connectivity index (χ3n) is 4.77. The molecule has 0 aliphatic carbocycles. The van der Waals surface area contributed by atoms with Crippen molar-refractivity contribution in [1.29, 1.82) is 0 Å². The topological polar surface area (TPSA) is 92.4 Å². The molecular formula is C22H21F5N2O3. The monoisotopic (exact) mass is 456 g/mol. The minimum absolute atomic E-state index is 0.0528. The first-order valence-electron chi connectivity index (χ1n) is 9.48. The molecule has 32 heavy (non-hydrogen) atoms. The number of nitrogens with two attached hydrogens (primary N) is 1. The van der Waals surface area contributed by atoms with Gasteiger partial charge >= 0.3 is 12.1 Å². The van der Waals surface area contributed by atoms with Crippen molar-refractivity contribution in [1.82, 2.24) is 5.32 Å². The van der Waals surface area contributed by atoms with Crippen LogP contribution in [0.4, 0.5) is 22.0 Å². The Balaban J connectivity index is 0.000000451. The summed E-state index contributed by atoms with van der Waals surface area (Å²) in [7, 11) is 0. The molecule has 10 heteroatoms. The van der Waals surface area contributed by atoms with E-state index in [1.54, 1.807) is 0 Å². The Morgan fingerprint density at radius 2 is 1.81 bits per heavy atom. The van der Waals surface area contributed by atoms with E-state index in [9.17, 15) is 26.7 Å². The molecule has 0 amide bonds. The zero-order valence-corrected chi connectivity index (χ0v) is 16.7. The van der Waals surface area contributed by atoms with Crippen LogP contribution in [0.15, 0.2) is 54.6 Å². The highest BCUT2D eigenvalue weighted by Crippen LogP contribution is 2.32. The Kier molecular flexibility index (Phi) is 8.62. The number of aldehydes is 1. The second kappa shape index (κ2) is 11.0. The van der Waals surface area contributed by atoms with E-state index in [1.165, 1.54) is 6.07 Å². The molecular weight excluding hydrogens is 435 g/mol. The van der Waals surface area contributed by atoms with Gasteiger partial charge in [-0.05, 0) is 35.8 Å². The minimum atomic E-state index is -5.08. The number of hydrogen-bond acceptors (Lipinski definition) is 4. The van der Waals surface area contributed by atoms with Crippen molar-refractivity contribution in [2.45, 2.75) is 30.6 Å². The maximum Gasteiger partial charge on any atom is 0.490 e. The molecule has 2 aromatic rings. The average Bonchev–Trinajstić information content (AvgIpc) is 2.76. The highest BCUT2D eigenvalue weighted by molar-refractivity contribution is 5.73. The minimum Gasteiger partial charge on any atom is -0.475 e. The van der Waals surface area contributed by atoms with Crippen LogP contribution in [-0.4, -0.2) is 42.2 Å². The molecule has 172 valence electrons. The molecule has 3 unspecified atom stereocenters. The Hall–Kier alpha value is -3.11. The van der Waals surface area contributed by atoms with E-state index in [2.05, 4.69) is 5.32 Å². The summed E-state index contributed by atoms with van der Waals surface area (Å²) in [5.41, 5.74) is 7.78. The van der Waals surface area contributed by atoms with Crippen LogP contribution in [0.5, 0.6) is 0 Å². The molecule has 4 N–H and O–H groups in total. The zero-order valence-electron chi connectivity index (χ0n) is 16.7. The van der Waals surface area contributed by atoms with Gasteiger partial charge in [0.15, 0.2) is 0 Å². The molecule has 1 aliphatic heterocycles. The standard InChI is InChI=1S/C20H20F2N2O.C2HF3O2/c21-15-6-7-19(22)17(9-15)14-8-18(13-4-2-1-3-5-13)20(24-11-14)10-16(23)12-25;3-2(4,5)1(6)7/h1-9,12,16,18,20,24H,10-11,23H2;(H,6,7). The Labute approximate surface area is 180 Å². The number of nitrogens with one attached hydrogen (secondary N) is 1. The molecule has 0 saturated carbocycles. The summed E-state index contributed by atoms with van der Waals surface area (Å²) >= 11 is 0. The number of alkyl halides is 3. The van der Waals surface area contributed by atoms with Gasteiger partial charge in [0, 0.05) is 24.1 Å². The fraction of sp³-hybridized carbons (Fsp3) is 0.273. The number of halogens is 5. The van der Waals surface area contributed by atoms with Gasteiger partial charge in [0.25, 0.3) is 0 Å². The van der Waals surface area contributed by atoms with Crippen molar-refractivity contribution in [2.24, 2.45) is 5.73 Å². The van der Waals surface area contributed by atoms with E-state index in [0.717, 1.165) is 24.0 Å². The molecule has 0 saturated heterocycles. The van der Waals surface area contributed by atoms with Gasteiger partial charge in [-0.1, -0.05) is 36.4 Å². The number of hydrogen-bond donors (Lipinski definition) is 3. The van der Waals surface area contributed by atoms with Gasteiger partial charge < -0.3 is 21.0 Å². The molecule has 0 spiro atoms. The maximum absolute atomic E-state index is 14.1. The third-order valence-corrected chi connectivity index (χ3v) is 4.77. The molecule has 0 fully saturated rings. The maximum atomic E-state index is 14.1. The summed E-state index contributed by atoms with van der Waals surface area (Å²) in [5.74, 6) is -3.77. The number of carboxylic acids is 1. The lowest BCUT2D eigenvalue weighted by atomic mass is 9.82. The molecule has 0 bridgehead atoms. The number of rotatable bonds is 5. The summed E-state index contributed by atoms with van der Waals surface area (Å²) in [6.45, 7) is 0.389. The van der Waals surface area contributed by atoms with Crippen LogP contribution in [0, 0.1) is 11.6 Å². The highest BCUT2D eigenvalue weighted by atomic mass is 19.4. The summed E-state index contributed by atoms with van der Waals surface area (Å²) in [6, 6.07) is 12.6. The van der Waals surface area contributed by atoms with Crippen LogP contribution in [0.2, 0.25) is 0 Å². The quantitative estimate of drug-likeness (QED) is 0.472. The molecule has 3 rings (SSSR count). The largest absolute Gasteiger partial charge is 0.490 e. The van der Waals surface area contributed by atoms with E-state index in [0.29, 0.717) is 18.5 Å². The fourth-order valence-electron chi connectivity index (χ4n) is 3.27. The lowest BCUT2D eigenvalue weighted by Crippen LogP contribution is -2.43. The Morgan fingerprint density at radius 1 is 1.19 bits per heavy atom. The number of carbonyl (C=O) groups is 2. The predicted octanol–water partition coefficient (Wildman–Crippen LogP) is 3.65. The second-order valence-corrected chi connectivity index (χ2v) is 7.08. The van der Waals surface area contributed by atoms with E-state index in [1.807, 2.05) is 36.4 Å².